The quantitative estimate of drug-likeness (QED) is 0.0347. The fourth-order valence-corrected chi connectivity index (χ4v) is 7.59. The second-order valence-corrected chi connectivity index (χ2v) is 18.9. The zero-order valence-corrected chi connectivity index (χ0v) is 39.1. The van der Waals surface area contributed by atoms with Gasteiger partial charge in [-0.25, -0.2) is 0 Å². The Balaban J connectivity index is 4.28. The molecule has 0 radical (unpaired) electrons. The predicted octanol–water partition coefficient (Wildman–Crippen LogP) is 16.0. The van der Waals surface area contributed by atoms with Crippen LogP contribution in [0.15, 0.2) is 0 Å². The molecule has 0 bridgehead atoms. The van der Waals surface area contributed by atoms with Gasteiger partial charge in [-0.2, -0.15) is 0 Å². The van der Waals surface area contributed by atoms with Crippen LogP contribution in [0.2, 0.25) is 0 Å². The Morgan fingerprint density at radius 1 is 0.298 bits per heavy atom. The van der Waals surface area contributed by atoms with Crippen LogP contribution in [0.1, 0.15) is 273 Å². The fraction of sp³-hybridized carbons (Fsp3) is 0.941. The van der Waals surface area contributed by atoms with Gasteiger partial charge in [-0.15, -0.1) is 0 Å². The van der Waals surface area contributed by atoms with Crippen LogP contribution >= 0.6 is 0 Å². The normalized spacial score (nSPS) is 12.2. The molecule has 0 fully saturated rings. The van der Waals surface area contributed by atoms with Gasteiger partial charge in [0.1, 0.15) is 13.2 Å². The molecule has 0 aliphatic heterocycles. The summed E-state index contributed by atoms with van der Waals surface area (Å²) in [6.07, 6.45) is 41.0. The molecule has 6 heteroatoms. The molecule has 0 N–H and O–H groups in total. The lowest BCUT2D eigenvalue weighted by Gasteiger charge is -2.18. The largest absolute Gasteiger partial charge is 0.462 e. The lowest BCUT2D eigenvalue weighted by molar-refractivity contribution is -0.167. The molecule has 0 spiro atoms. The SMILES string of the molecule is CC(C)CCCCCCCCCCCCCCCCC(=O)OC[C@H](COC(=O)CCCCCCCCCC(C)C)OC(=O)CCCCCCCCCCCC(C)C. The Kier molecular flexibility index (Phi) is 41.3. The highest BCUT2D eigenvalue weighted by atomic mass is 16.6. The molecule has 0 rings (SSSR count). The average Bonchev–Trinajstić information content (AvgIpc) is 3.16. The van der Waals surface area contributed by atoms with Crippen molar-refractivity contribution in [1.29, 1.82) is 0 Å². The van der Waals surface area contributed by atoms with Crippen molar-refractivity contribution < 1.29 is 28.6 Å². The lowest BCUT2D eigenvalue weighted by Crippen LogP contribution is -2.30. The number of unbranched alkanes of at least 4 members (excludes halogenated alkanes) is 27. The Bertz CT molecular complexity index is 883. The number of esters is 3. The third-order valence-corrected chi connectivity index (χ3v) is 11.4. The summed E-state index contributed by atoms with van der Waals surface area (Å²) in [6.45, 7) is 13.7. The van der Waals surface area contributed by atoms with E-state index in [1.165, 1.54) is 154 Å². The zero-order valence-electron chi connectivity index (χ0n) is 39.1. The maximum atomic E-state index is 12.7. The minimum absolute atomic E-state index is 0.0655. The number of carbonyl (C=O) groups is 3. The van der Waals surface area contributed by atoms with Crippen LogP contribution < -0.4 is 0 Å². The Morgan fingerprint density at radius 2 is 0.509 bits per heavy atom. The van der Waals surface area contributed by atoms with E-state index in [2.05, 4.69) is 41.5 Å². The van der Waals surface area contributed by atoms with Crippen molar-refractivity contribution in [3.05, 3.63) is 0 Å². The predicted molar refractivity (Wildman–Crippen MR) is 243 cm³/mol. The minimum atomic E-state index is -0.762. The molecule has 0 aromatic carbocycles. The van der Waals surface area contributed by atoms with E-state index in [9.17, 15) is 14.4 Å². The van der Waals surface area contributed by atoms with Gasteiger partial charge in [-0.05, 0) is 37.0 Å². The van der Waals surface area contributed by atoms with Crippen LogP contribution in [-0.2, 0) is 28.6 Å². The van der Waals surface area contributed by atoms with E-state index < -0.39 is 6.10 Å². The maximum absolute atomic E-state index is 12.7. The van der Waals surface area contributed by atoms with Crippen LogP contribution in [0.3, 0.4) is 0 Å². The number of ether oxygens (including phenoxy) is 3. The van der Waals surface area contributed by atoms with Gasteiger partial charge in [0, 0.05) is 19.3 Å². The van der Waals surface area contributed by atoms with Gasteiger partial charge >= 0.3 is 17.9 Å². The van der Waals surface area contributed by atoms with E-state index in [0.717, 1.165) is 75.5 Å². The maximum Gasteiger partial charge on any atom is 0.306 e. The van der Waals surface area contributed by atoms with Crippen molar-refractivity contribution in [2.45, 2.75) is 279 Å². The first-order valence-corrected chi connectivity index (χ1v) is 25.1. The van der Waals surface area contributed by atoms with Crippen molar-refractivity contribution >= 4 is 17.9 Å². The van der Waals surface area contributed by atoms with E-state index in [0.29, 0.717) is 19.3 Å². The Labute approximate surface area is 355 Å². The number of carbonyl (C=O) groups excluding carboxylic acids is 3. The number of rotatable bonds is 44. The highest BCUT2D eigenvalue weighted by molar-refractivity contribution is 5.71. The van der Waals surface area contributed by atoms with E-state index in [-0.39, 0.29) is 31.1 Å². The Morgan fingerprint density at radius 3 is 0.754 bits per heavy atom. The summed E-state index contributed by atoms with van der Waals surface area (Å²) >= 11 is 0. The van der Waals surface area contributed by atoms with Gasteiger partial charge in [-0.1, -0.05) is 234 Å². The molecule has 6 nitrogen and oxygen atoms in total. The molecule has 0 aromatic heterocycles. The van der Waals surface area contributed by atoms with Gasteiger partial charge in [-0.3, -0.25) is 14.4 Å². The molecule has 0 saturated carbocycles. The van der Waals surface area contributed by atoms with Crippen LogP contribution in [0.25, 0.3) is 0 Å². The van der Waals surface area contributed by atoms with E-state index in [1.807, 2.05) is 0 Å². The summed E-state index contributed by atoms with van der Waals surface area (Å²) in [5.74, 6) is 1.57. The molecule has 338 valence electrons. The first-order chi connectivity index (χ1) is 27.6. The smallest absolute Gasteiger partial charge is 0.306 e. The first kappa shape index (κ1) is 55.4. The standard InChI is InChI=1S/C51H98O6/c1-45(2)37-31-25-19-14-11-9-7-8-10-12-16-22-28-34-40-49(52)55-43-48(44-56-50(53)41-35-29-24-18-21-27-33-39-47(5)6)57-51(54)42-36-30-23-17-13-15-20-26-32-38-46(3)4/h45-48H,7-44H2,1-6H3/t48-/m1/s1. The highest BCUT2D eigenvalue weighted by Crippen LogP contribution is 2.17. The number of hydrogen-bond donors (Lipinski definition) is 0. The highest BCUT2D eigenvalue weighted by Gasteiger charge is 2.19. The fourth-order valence-electron chi connectivity index (χ4n) is 7.59. The third kappa shape index (κ3) is 45.3. The topological polar surface area (TPSA) is 78.9 Å². The van der Waals surface area contributed by atoms with Gasteiger partial charge in [0.2, 0.25) is 0 Å². The summed E-state index contributed by atoms with van der Waals surface area (Å²) < 4.78 is 16.8. The third-order valence-electron chi connectivity index (χ3n) is 11.4. The van der Waals surface area contributed by atoms with Gasteiger partial charge in [0.25, 0.3) is 0 Å². The van der Waals surface area contributed by atoms with E-state index >= 15 is 0 Å². The molecule has 0 amide bonds. The van der Waals surface area contributed by atoms with E-state index in [1.54, 1.807) is 0 Å². The van der Waals surface area contributed by atoms with Gasteiger partial charge in [0.15, 0.2) is 6.10 Å². The van der Waals surface area contributed by atoms with Crippen molar-refractivity contribution in [2.75, 3.05) is 13.2 Å². The van der Waals surface area contributed by atoms with Gasteiger partial charge in [0.05, 0.1) is 0 Å². The van der Waals surface area contributed by atoms with E-state index in [4.69, 9.17) is 14.2 Å². The molecule has 0 heterocycles. The summed E-state index contributed by atoms with van der Waals surface area (Å²) in [6, 6.07) is 0. The molecule has 0 aromatic rings. The monoisotopic (exact) mass is 807 g/mol. The van der Waals surface area contributed by atoms with Crippen molar-refractivity contribution in [3.63, 3.8) is 0 Å². The molecule has 1 atom stereocenters. The molecule has 0 unspecified atom stereocenters. The summed E-state index contributed by atoms with van der Waals surface area (Å²) in [4.78, 5) is 37.8. The molecule has 0 aliphatic carbocycles. The van der Waals surface area contributed by atoms with Crippen LogP contribution in [0.5, 0.6) is 0 Å². The van der Waals surface area contributed by atoms with Crippen molar-refractivity contribution in [2.24, 2.45) is 17.8 Å². The molecule has 57 heavy (non-hydrogen) atoms. The Hall–Kier alpha value is -1.59. The van der Waals surface area contributed by atoms with Crippen molar-refractivity contribution in [1.82, 2.24) is 0 Å². The zero-order chi connectivity index (χ0) is 42.0. The van der Waals surface area contributed by atoms with Crippen LogP contribution in [0.4, 0.5) is 0 Å². The van der Waals surface area contributed by atoms with Crippen LogP contribution in [-0.4, -0.2) is 37.2 Å². The summed E-state index contributed by atoms with van der Waals surface area (Å²) in [7, 11) is 0. The minimum Gasteiger partial charge on any atom is -0.462 e. The second kappa shape index (κ2) is 42.5. The summed E-state index contributed by atoms with van der Waals surface area (Å²) in [5, 5.41) is 0. The first-order valence-electron chi connectivity index (χ1n) is 25.1. The van der Waals surface area contributed by atoms with Gasteiger partial charge < -0.3 is 14.2 Å². The molecule has 0 saturated heterocycles. The lowest BCUT2D eigenvalue weighted by atomic mass is 10.0. The molecule has 0 aliphatic rings. The van der Waals surface area contributed by atoms with Crippen LogP contribution in [0, 0.1) is 17.8 Å². The summed E-state index contributed by atoms with van der Waals surface area (Å²) in [5.41, 5.74) is 0. The average molecular weight is 807 g/mol. The molecular formula is C51H98O6. The second-order valence-electron chi connectivity index (χ2n) is 18.9. The number of hydrogen-bond acceptors (Lipinski definition) is 6. The van der Waals surface area contributed by atoms with Crippen molar-refractivity contribution in [3.8, 4) is 0 Å². The molecular weight excluding hydrogens is 709 g/mol.